The Bertz CT molecular complexity index is 210. The Morgan fingerprint density at radius 1 is 1.60 bits per heavy atom. The maximum Gasteiger partial charge on any atom is 1.00 e. The molecule has 0 aromatic rings. The summed E-state index contributed by atoms with van der Waals surface area (Å²) in [5, 5.41) is 0.743. The molecule has 0 aliphatic heterocycles. The molecule has 0 radical (unpaired) electrons. The first-order chi connectivity index (χ1) is 4.12. The molecule has 0 spiro atoms. The van der Waals surface area contributed by atoms with Crippen LogP contribution >= 0.6 is 0 Å². The van der Waals surface area contributed by atoms with Crippen LogP contribution in [0.2, 0.25) is 0 Å². The predicted molar refractivity (Wildman–Crippen MR) is 36.1 cm³/mol. The SMILES string of the molecule is C=CS(=O)(=O)OC=CC.[H-].[K+]. The zero-order chi connectivity index (χ0) is 7.33. The standard InChI is InChI=1S/C5H8O3S.K.H/c1-3-5-8-9(6,7)4-2;;/h3-5H,2H2,1H3;;/q;+1;-1. The van der Waals surface area contributed by atoms with Crippen LogP contribution in [0.1, 0.15) is 8.35 Å². The van der Waals surface area contributed by atoms with Crippen LogP contribution in [0.4, 0.5) is 0 Å². The molecule has 0 bridgehead atoms. The first kappa shape index (κ1) is 13.5. The van der Waals surface area contributed by atoms with Crippen molar-refractivity contribution in [3.8, 4) is 0 Å². The van der Waals surface area contributed by atoms with Crippen molar-refractivity contribution in [3.63, 3.8) is 0 Å². The topological polar surface area (TPSA) is 43.4 Å². The van der Waals surface area contributed by atoms with Crippen molar-refractivity contribution < 1.29 is 65.4 Å². The van der Waals surface area contributed by atoms with Crippen LogP contribution in [-0.4, -0.2) is 8.42 Å². The fourth-order valence-electron chi connectivity index (χ4n) is 0.172. The van der Waals surface area contributed by atoms with E-state index in [-0.39, 0.29) is 52.8 Å². The maximum absolute atomic E-state index is 10.4. The summed E-state index contributed by atoms with van der Waals surface area (Å²) in [7, 11) is -3.50. The van der Waals surface area contributed by atoms with E-state index in [0.29, 0.717) is 0 Å². The van der Waals surface area contributed by atoms with Crippen molar-refractivity contribution in [2.45, 2.75) is 6.92 Å². The second-order valence-electron chi connectivity index (χ2n) is 1.23. The fraction of sp³-hybridized carbons (Fsp3) is 0.200. The molecular weight excluding hydrogens is 179 g/mol. The molecule has 0 aromatic heterocycles. The van der Waals surface area contributed by atoms with E-state index in [9.17, 15) is 8.42 Å². The average molecular weight is 188 g/mol. The Morgan fingerprint density at radius 3 is 2.40 bits per heavy atom. The molecular formula is C5H9KO3S. The molecule has 54 valence electrons. The van der Waals surface area contributed by atoms with Gasteiger partial charge in [0.05, 0.1) is 5.41 Å². The summed E-state index contributed by atoms with van der Waals surface area (Å²) in [6.07, 6.45) is 2.55. The molecule has 0 aliphatic rings. The summed E-state index contributed by atoms with van der Waals surface area (Å²) in [4.78, 5) is 0. The van der Waals surface area contributed by atoms with Gasteiger partial charge in [-0.05, 0) is 6.92 Å². The van der Waals surface area contributed by atoms with Crippen LogP contribution in [-0.2, 0) is 14.3 Å². The molecule has 3 nitrogen and oxygen atoms in total. The normalized spacial score (nSPS) is 10.5. The summed E-state index contributed by atoms with van der Waals surface area (Å²) < 4.78 is 24.9. The molecule has 0 N–H and O–H groups in total. The molecule has 0 saturated heterocycles. The van der Waals surface area contributed by atoms with E-state index in [1.807, 2.05) is 0 Å². The van der Waals surface area contributed by atoms with E-state index in [4.69, 9.17) is 0 Å². The molecule has 0 saturated carbocycles. The maximum atomic E-state index is 10.4. The Kier molecular flexibility index (Phi) is 8.84. The van der Waals surface area contributed by atoms with E-state index in [0.717, 1.165) is 11.7 Å². The van der Waals surface area contributed by atoms with Crippen LogP contribution in [0, 0.1) is 0 Å². The van der Waals surface area contributed by atoms with Crippen LogP contribution in [0.25, 0.3) is 0 Å². The van der Waals surface area contributed by atoms with Gasteiger partial charge in [0.15, 0.2) is 0 Å². The van der Waals surface area contributed by atoms with Crippen molar-refractivity contribution in [3.05, 3.63) is 24.3 Å². The minimum Gasteiger partial charge on any atom is -1.00 e. The molecule has 0 heterocycles. The van der Waals surface area contributed by atoms with E-state index < -0.39 is 10.1 Å². The molecule has 0 aliphatic carbocycles. The summed E-state index contributed by atoms with van der Waals surface area (Å²) >= 11 is 0. The van der Waals surface area contributed by atoms with Gasteiger partial charge >= 0.3 is 61.5 Å². The molecule has 0 atom stereocenters. The van der Waals surface area contributed by atoms with Gasteiger partial charge in [-0.1, -0.05) is 12.7 Å². The van der Waals surface area contributed by atoms with E-state index in [1.54, 1.807) is 6.92 Å². The van der Waals surface area contributed by atoms with Gasteiger partial charge in [0.2, 0.25) is 0 Å². The molecule has 0 amide bonds. The van der Waals surface area contributed by atoms with E-state index in [2.05, 4.69) is 10.8 Å². The van der Waals surface area contributed by atoms with Crippen molar-refractivity contribution >= 4 is 10.1 Å². The minimum absolute atomic E-state index is 0. The van der Waals surface area contributed by atoms with Crippen LogP contribution < -0.4 is 51.4 Å². The third-order valence-electron chi connectivity index (χ3n) is 0.530. The summed E-state index contributed by atoms with van der Waals surface area (Å²) in [6, 6.07) is 0. The monoisotopic (exact) mass is 188 g/mol. The van der Waals surface area contributed by atoms with Crippen molar-refractivity contribution in [2.24, 2.45) is 0 Å². The molecule has 0 unspecified atom stereocenters. The molecule has 0 rings (SSSR count). The Morgan fingerprint density at radius 2 is 2.10 bits per heavy atom. The number of hydrogen-bond donors (Lipinski definition) is 0. The second kappa shape index (κ2) is 6.57. The van der Waals surface area contributed by atoms with Gasteiger partial charge in [-0.3, -0.25) is 0 Å². The van der Waals surface area contributed by atoms with Crippen LogP contribution in [0.15, 0.2) is 24.3 Å². The fourth-order valence-corrected chi connectivity index (χ4v) is 0.517. The Labute approximate surface area is 105 Å². The molecule has 0 fully saturated rings. The summed E-state index contributed by atoms with van der Waals surface area (Å²) in [5.74, 6) is 0. The van der Waals surface area contributed by atoms with Crippen molar-refractivity contribution in [1.29, 1.82) is 0 Å². The van der Waals surface area contributed by atoms with Gasteiger partial charge in [-0.2, -0.15) is 8.42 Å². The number of hydrogen-bond acceptors (Lipinski definition) is 3. The largest absolute Gasteiger partial charge is 1.00 e. The van der Waals surface area contributed by atoms with Crippen molar-refractivity contribution in [2.75, 3.05) is 0 Å². The van der Waals surface area contributed by atoms with Gasteiger partial charge in [-0.25, -0.2) is 0 Å². The first-order valence-electron chi connectivity index (χ1n) is 2.29. The predicted octanol–water partition coefficient (Wildman–Crippen LogP) is -1.87. The third-order valence-corrected chi connectivity index (χ3v) is 1.32. The van der Waals surface area contributed by atoms with Gasteiger partial charge in [0, 0.05) is 0 Å². The van der Waals surface area contributed by atoms with E-state index in [1.165, 1.54) is 6.08 Å². The third kappa shape index (κ3) is 6.98. The van der Waals surface area contributed by atoms with Crippen LogP contribution in [0.5, 0.6) is 0 Å². The smallest absolute Gasteiger partial charge is 1.00 e. The van der Waals surface area contributed by atoms with Crippen molar-refractivity contribution in [1.82, 2.24) is 0 Å². The summed E-state index contributed by atoms with van der Waals surface area (Å²) in [5.41, 5.74) is 0. The Balaban J connectivity index is -0.000000320. The number of rotatable bonds is 3. The molecule has 5 heteroatoms. The molecule has 10 heavy (non-hydrogen) atoms. The van der Waals surface area contributed by atoms with Crippen LogP contribution in [0.3, 0.4) is 0 Å². The molecule has 0 aromatic carbocycles. The van der Waals surface area contributed by atoms with Gasteiger partial charge in [0.25, 0.3) is 0 Å². The zero-order valence-corrected chi connectivity index (χ0v) is 10.0. The minimum atomic E-state index is -3.50. The van der Waals surface area contributed by atoms with Gasteiger partial charge in [-0.15, -0.1) is 0 Å². The first-order valence-corrected chi connectivity index (χ1v) is 3.76. The number of allylic oxidation sites excluding steroid dienone is 1. The quantitative estimate of drug-likeness (QED) is 0.296. The zero-order valence-electron chi connectivity index (χ0n) is 7.07. The Hall–Kier alpha value is 0.866. The van der Waals surface area contributed by atoms with Gasteiger partial charge in [0.1, 0.15) is 6.26 Å². The second-order valence-corrected chi connectivity index (χ2v) is 2.74. The summed E-state index contributed by atoms with van der Waals surface area (Å²) in [6.45, 7) is 4.69. The average Bonchev–Trinajstić information content (AvgIpc) is 1.84. The van der Waals surface area contributed by atoms with E-state index >= 15 is 0 Å². The van der Waals surface area contributed by atoms with Gasteiger partial charge < -0.3 is 5.61 Å².